The molecular formula is C27H31FN4O2. The number of carbonyl (C=O) groups excluding carboxylic acids is 1. The van der Waals surface area contributed by atoms with Gasteiger partial charge in [0, 0.05) is 36.5 Å². The standard InChI is InChI=1S/C27H31FN4O2/c1-31-24-9-7-23(26(28)22(24)8-10-25(31)33)27-20(15-18-11-13-29-14-12-18)17-32(30-27)16-19-3-5-21(34-2)6-4-19/h3-7,9,17-18,29H,8,10-16H2,1-2H3. The second-order valence-electron chi connectivity index (χ2n) is 9.32. The third-order valence-electron chi connectivity index (χ3n) is 7.11. The summed E-state index contributed by atoms with van der Waals surface area (Å²) in [5.41, 5.74) is 4.70. The van der Waals surface area contributed by atoms with Gasteiger partial charge in [-0.15, -0.1) is 0 Å². The summed E-state index contributed by atoms with van der Waals surface area (Å²) in [6.45, 7) is 2.65. The Labute approximate surface area is 199 Å². The summed E-state index contributed by atoms with van der Waals surface area (Å²) < 4.78 is 23.0. The first-order chi connectivity index (χ1) is 16.5. The highest BCUT2D eigenvalue weighted by molar-refractivity contribution is 5.96. The van der Waals surface area contributed by atoms with E-state index in [-0.39, 0.29) is 11.7 Å². The molecule has 3 aromatic rings. The van der Waals surface area contributed by atoms with Crippen LogP contribution in [0, 0.1) is 11.7 Å². The van der Waals surface area contributed by atoms with Crippen LogP contribution in [0.5, 0.6) is 5.75 Å². The van der Waals surface area contributed by atoms with E-state index in [0.717, 1.165) is 49.2 Å². The second-order valence-corrected chi connectivity index (χ2v) is 9.32. The molecule has 1 N–H and O–H groups in total. The molecular weight excluding hydrogens is 431 g/mol. The van der Waals surface area contributed by atoms with E-state index in [2.05, 4.69) is 11.5 Å². The van der Waals surface area contributed by atoms with Crippen LogP contribution in [0.4, 0.5) is 10.1 Å². The number of nitrogens with zero attached hydrogens (tertiary/aromatic N) is 3. The van der Waals surface area contributed by atoms with Gasteiger partial charge in [-0.1, -0.05) is 12.1 Å². The maximum atomic E-state index is 15.8. The van der Waals surface area contributed by atoms with Crippen molar-refractivity contribution in [3.63, 3.8) is 0 Å². The number of aromatic nitrogens is 2. The molecule has 2 aliphatic heterocycles. The Morgan fingerprint density at radius 2 is 1.88 bits per heavy atom. The Morgan fingerprint density at radius 1 is 1.12 bits per heavy atom. The zero-order chi connectivity index (χ0) is 23.7. The van der Waals surface area contributed by atoms with Gasteiger partial charge in [0.1, 0.15) is 11.6 Å². The lowest BCUT2D eigenvalue weighted by atomic mass is 9.89. The molecule has 2 aromatic carbocycles. The zero-order valence-electron chi connectivity index (χ0n) is 19.8. The molecule has 1 saturated heterocycles. The molecule has 1 fully saturated rings. The molecule has 0 unspecified atom stereocenters. The Kier molecular flexibility index (Phi) is 6.37. The fourth-order valence-corrected chi connectivity index (χ4v) is 5.11. The van der Waals surface area contributed by atoms with Crippen LogP contribution >= 0.6 is 0 Å². The summed E-state index contributed by atoms with van der Waals surface area (Å²) in [5, 5.41) is 8.30. The van der Waals surface area contributed by atoms with Crippen LogP contribution in [-0.4, -0.2) is 42.9 Å². The lowest BCUT2D eigenvalue weighted by molar-refractivity contribution is -0.118. The predicted octanol–water partition coefficient (Wildman–Crippen LogP) is 4.20. The molecule has 2 aliphatic rings. The van der Waals surface area contributed by atoms with E-state index in [4.69, 9.17) is 9.84 Å². The average molecular weight is 463 g/mol. The van der Waals surface area contributed by atoms with Crippen molar-refractivity contribution >= 4 is 11.6 Å². The highest BCUT2D eigenvalue weighted by atomic mass is 19.1. The first-order valence-corrected chi connectivity index (χ1v) is 12.0. The number of ether oxygens (including phenoxy) is 1. The minimum Gasteiger partial charge on any atom is -0.497 e. The number of hydrogen-bond donors (Lipinski definition) is 1. The van der Waals surface area contributed by atoms with Gasteiger partial charge in [-0.3, -0.25) is 9.48 Å². The number of amides is 1. The number of benzene rings is 2. The molecule has 5 rings (SSSR count). The van der Waals surface area contributed by atoms with E-state index >= 15 is 4.39 Å². The molecule has 0 atom stereocenters. The Balaban J connectivity index is 1.51. The highest BCUT2D eigenvalue weighted by Crippen LogP contribution is 2.36. The quantitative estimate of drug-likeness (QED) is 0.597. The van der Waals surface area contributed by atoms with E-state index in [1.807, 2.05) is 35.0 Å². The van der Waals surface area contributed by atoms with Crippen LogP contribution in [0.3, 0.4) is 0 Å². The van der Waals surface area contributed by atoms with E-state index in [9.17, 15) is 4.79 Å². The van der Waals surface area contributed by atoms with E-state index in [1.165, 1.54) is 0 Å². The highest BCUT2D eigenvalue weighted by Gasteiger charge is 2.27. The molecule has 1 amide bonds. The second kappa shape index (κ2) is 9.58. The lowest BCUT2D eigenvalue weighted by Crippen LogP contribution is -2.31. The lowest BCUT2D eigenvalue weighted by Gasteiger charge is -2.27. The van der Waals surface area contributed by atoms with Gasteiger partial charge in [-0.2, -0.15) is 5.10 Å². The van der Waals surface area contributed by atoms with Gasteiger partial charge in [0.15, 0.2) is 0 Å². The average Bonchev–Trinajstić information content (AvgIpc) is 3.24. The third kappa shape index (κ3) is 4.44. The molecule has 6 nitrogen and oxygen atoms in total. The Hall–Kier alpha value is -3.19. The maximum Gasteiger partial charge on any atom is 0.227 e. The Morgan fingerprint density at radius 3 is 2.62 bits per heavy atom. The van der Waals surface area contributed by atoms with Crippen LogP contribution in [0.25, 0.3) is 11.3 Å². The van der Waals surface area contributed by atoms with Crippen molar-refractivity contribution in [2.45, 2.75) is 38.6 Å². The number of methoxy groups -OCH3 is 1. The van der Waals surface area contributed by atoms with Gasteiger partial charge in [-0.05, 0) is 80.1 Å². The fraction of sp³-hybridized carbons (Fsp3) is 0.407. The molecule has 0 bridgehead atoms. The smallest absolute Gasteiger partial charge is 0.227 e. The molecule has 178 valence electrons. The van der Waals surface area contributed by atoms with Crippen LogP contribution in [-0.2, 0) is 24.2 Å². The summed E-state index contributed by atoms with van der Waals surface area (Å²) in [7, 11) is 3.37. The fourth-order valence-electron chi connectivity index (χ4n) is 5.11. The van der Waals surface area contributed by atoms with Crippen LogP contribution in [0.2, 0.25) is 0 Å². The van der Waals surface area contributed by atoms with Gasteiger partial charge in [0.05, 0.1) is 19.3 Å². The SMILES string of the molecule is COc1ccc(Cn2cc(CC3CCNCC3)c(-c3ccc4c(c3F)CCC(=O)N4C)n2)cc1. The van der Waals surface area contributed by atoms with Gasteiger partial charge in [-0.25, -0.2) is 4.39 Å². The van der Waals surface area contributed by atoms with Crippen molar-refractivity contribution in [1.82, 2.24) is 15.1 Å². The number of halogens is 1. The number of fused-ring (bicyclic) bond motifs is 1. The van der Waals surface area contributed by atoms with Crippen molar-refractivity contribution in [3.8, 4) is 17.0 Å². The molecule has 0 aliphatic carbocycles. The van der Waals surface area contributed by atoms with Gasteiger partial charge < -0.3 is 15.0 Å². The van der Waals surface area contributed by atoms with Crippen LogP contribution in [0.1, 0.15) is 36.0 Å². The summed E-state index contributed by atoms with van der Waals surface area (Å²) >= 11 is 0. The summed E-state index contributed by atoms with van der Waals surface area (Å²) in [6, 6.07) is 11.6. The van der Waals surface area contributed by atoms with Crippen molar-refractivity contribution in [1.29, 1.82) is 0 Å². The van der Waals surface area contributed by atoms with Crippen LogP contribution < -0.4 is 15.0 Å². The minimum absolute atomic E-state index is 0.0232. The zero-order valence-corrected chi connectivity index (χ0v) is 19.8. The number of piperidine rings is 1. The van der Waals surface area contributed by atoms with Crippen molar-refractivity contribution < 1.29 is 13.9 Å². The molecule has 0 radical (unpaired) electrons. The normalized spacial score (nSPS) is 16.6. The summed E-state index contributed by atoms with van der Waals surface area (Å²) in [5.74, 6) is 1.15. The minimum atomic E-state index is -0.252. The topological polar surface area (TPSA) is 59.4 Å². The number of rotatable bonds is 6. The molecule has 7 heteroatoms. The summed E-state index contributed by atoms with van der Waals surface area (Å²) in [4.78, 5) is 13.7. The largest absolute Gasteiger partial charge is 0.497 e. The third-order valence-corrected chi connectivity index (χ3v) is 7.11. The Bertz CT molecular complexity index is 1180. The van der Waals surface area contributed by atoms with E-state index < -0.39 is 0 Å². The molecule has 3 heterocycles. The molecule has 1 aromatic heterocycles. The molecule has 0 spiro atoms. The first kappa shape index (κ1) is 22.6. The van der Waals surface area contributed by atoms with E-state index in [1.54, 1.807) is 25.1 Å². The van der Waals surface area contributed by atoms with Crippen molar-refractivity contribution in [2.24, 2.45) is 5.92 Å². The number of nitrogens with one attached hydrogen (secondary N) is 1. The van der Waals surface area contributed by atoms with E-state index in [0.29, 0.717) is 47.8 Å². The molecule has 34 heavy (non-hydrogen) atoms. The maximum absolute atomic E-state index is 15.8. The predicted molar refractivity (Wildman–Crippen MR) is 131 cm³/mol. The van der Waals surface area contributed by atoms with Crippen molar-refractivity contribution in [2.75, 3.05) is 32.1 Å². The summed E-state index contributed by atoms with van der Waals surface area (Å²) in [6.07, 6.45) is 5.95. The monoisotopic (exact) mass is 462 g/mol. The van der Waals surface area contributed by atoms with Gasteiger partial charge in [0.25, 0.3) is 0 Å². The van der Waals surface area contributed by atoms with Crippen molar-refractivity contribution in [3.05, 3.63) is 65.1 Å². The molecule has 0 saturated carbocycles. The van der Waals surface area contributed by atoms with Crippen LogP contribution in [0.15, 0.2) is 42.6 Å². The first-order valence-electron chi connectivity index (χ1n) is 12.0. The van der Waals surface area contributed by atoms with Gasteiger partial charge >= 0.3 is 0 Å². The number of carbonyl (C=O) groups is 1. The number of hydrogen-bond acceptors (Lipinski definition) is 4. The number of anilines is 1. The van der Waals surface area contributed by atoms with Gasteiger partial charge in [0.2, 0.25) is 5.91 Å².